The monoisotopic (exact) mass is 197 g/mol. The normalized spacial score (nSPS) is 10.0. The van der Waals surface area contributed by atoms with Crippen LogP contribution >= 0.6 is 11.8 Å². The van der Waals surface area contributed by atoms with E-state index < -0.39 is 0 Å². The topological polar surface area (TPSA) is 23.9 Å². The minimum absolute atomic E-state index is 0.201. The van der Waals surface area contributed by atoms with Gasteiger partial charge in [-0.15, -0.1) is 11.8 Å². The average molecular weight is 197 g/mol. The molecule has 0 aliphatic rings. The van der Waals surface area contributed by atoms with Gasteiger partial charge in [0.05, 0.1) is 5.04 Å². The van der Waals surface area contributed by atoms with Crippen molar-refractivity contribution in [3.8, 4) is 0 Å². The Bertz CT molecular complexity index is 299. The number of halogens is 1. The number of nitrogens with one attached hydrogen (secondary N) is 1. The lowest BCUT2D eigenvalue weighted by Crippen LogP contribution is -1.93. The molecular formula is C10H12FNS. The molecule has 70 valence electrons. The number of aryl methyl sites for hydroxylation is 1. The highest BCUT2D eigenvalue weighted by atomic mass is 32.2. The Morgan fingerprint density at radius 3 is 2.92 bits per heavy atom. The van der Waals surface area contributed by atoms with E-state index in [1.54, 1.807) is 6.07 Å². The molecule has 0 amide bonds. The Morgan fingerprint density at radius 1 is 1.54 bits per heavy atom. The summed E-state index contributed by atoms with van der Waals surface area (Å²) in [4.78, 5) is 0. The van der Waals surface area contributed by atoms with Crippen LogP contribution in [0.1, 0.15) is 12.0 Å². The van der Waals surface area contributed by atoms with Gasteiger partial charge in [-0.2, -0.15) is 0 Å². The van der Waals surface area contributed by atoms with Crippen molar-refractivity contribution in [2.24, 2.45) is 0 Å². The minimum atomic E-state index is -0.201. The van der Waals surface area contributed by atoms with E-state index >= 15 is 0 Å². The maximum absolute atomic E-state index is 12.7. The SMILES string of the molecule is CSC(=N)CCc1cccc(F)c1. The van der Waals surface area contributed by atoms with E-state index in [0.29, 0.717) is 11.5 Å². The van der Waals surface area contributed by atoms with Gasteiger partial charge in [0.25, 0.3) is 0 Å². The van der Waals surface area contributed by atoms with E-state index in [1.807, 2.05) is 12.3 Å². The summed E-state index contributed by atoms with van der Waals surface area (Å²) in [6.07, 6.45) is 3.33. The fourth-order valence-electron chi connectivity index (χ4n) is 1.05. The molecule has 0 unspecified atom stereocenters. The van der Waals surface area contributed by atoms with Crippen LogP contribution in [-0.4, -0.2) is 11.3 Å². The van der Waals surface area contributed by atoms with E-state index in [4.69, 9.17) is 5.41 Å². The third kappa shape index (κ3) is 3.59. The van der Waals surface area contributed by atoms with E-state index in [1.165, 1.54) is 23.9 Å². The molecule has 0 aliphatic heterocycles. The molecule has 0 saturated carbocycles. The maximum atomic E-state index is 12.7. The van der Waals surface area contributed by atoms with Gasteiger partial charge in [0.2, 0.25) is 0 Å². The molecule has 0 fully saturated rings. The van der Waals surface area contributed by atoms with Gasteiger partial charge in [-0.3, -0.25) is 5.41 Å². The van der Waals surface area contributed by atoms with Crippen LogP contribution in [0.4, 0.5) is 4.39 Å². The van der Waals surface area contributed by atoms with Gasteiger partial charge in [0.1, 0.15) is 5.82 Å². The summed E-state index contributed by atoms with van der Waals surface area (Å²) < 4.78 is 12.7. The first-order chi connectivity index (χ1) is 6.22. The van der Waals surface area contributed by atoms with E-state index in [2.05, 4.69) is 0 Å². The zero-order valence-corrected chi connectivity index (χ0v) is 8.33. The fourth-order valence-corrected chi connectivity index (χ4v) is 1.36. The zero-order valence-electron chi connectivity index (χ0n) is 7.51. The average Bonchev–Trinajstić information content (AvgIpc) is 2.14. The second-order valence-corrected chi connectivity index (χ2v) is 3.66. The molecule has 1 aromatic rings. The standard InChI is InChI=1S/C10H12FNS/c1-13-10(12)6-5-8-3-2-4-9(11)7-8/h2-4,7,12H,5-6H2,1H3. The molecule has 1 rings (SSSR count). The summed E-state index contributed by atoms with van der Waals surface area (Å²) in [5.41, 5.74) is 0.957. The smallest absolute Gasteiger partial charge is 0.123 e. The van der Waals surface area contributed by atoms with Crippen LogP contribution in [0.3, 0.4) is 0 Å². The van der Waals surface area contributed by atoms with Crippen molar-refractivity contribution >= 4 is 16.8 Å². The Morgan fingerprint density at radius 2 is 2.31 bits per heavy atom. The van der Waals surface area contributed by atoms with Crippen molar-refractivity contribution in [3.63, 3.8) is 0 Å². The number of benzene rings is 1. The highest BCUT2D eigenvalue weighted by Gasteiger charge is 1.98. The zero-order chi connectivity index (χ0) is 9.68. The first-order valence-electron chi connectivity index (χ1n) is 4.08. The largest absolute Gasteiger partial charge is 0.298 e. The van der Waals surface area contributed by atoms with Gasteiger partial charge >= 0.3 is 0 Å². The van der Waals surface area contributed by atoms with E-state index in [0.717, 1.165) is 12.0 Å². The Balaban J connectivity index is 2.50. The lowest BCUT2D eigenvalue weighted by molar-refractivity contribution is 0.625. The van der Waals surface area contributed by atoms with Crippen LogP contribution in [-0.2, 0) is 6.42 Å². The van der Waals surface area contributed by atoms with Crippen LogP contribution in [0.25, 0.3) is 0 Å². The van der Waals surface area contributed by atoms with Crippen molar-refractivity contribution in [1.82, 2.24) is 0 Å². The number of rotatable bonds is 3. The first kappa shape index (κ1) is 10.3. The van der Waals surface area contributed by atoms with Crippen molar-refractivity contribution in [2.75, 3.05) is 6.26 Å². The van der Waals surface area contributed by atoms with Gasteiger partial charge in [0, 0.05) is 0 Å². The predicted molar refractivity (Wildman–Crippen MR) is 56.0 cm³/mol. The van der Waals surface area contributed by atoms with Crippen molar-refractivity contribution < 1.29 is 4.39 Å². The molecule has 1 aromatic carbocycles. The van der Waals surface area contributed by atoms with Crippen LogP contribution in [0.15, 0.2) is 24.3 Å². The van der Waals surface area contributed by atoms with E-state index in [-0.39, 0.29) is 5.82 Å². The lowest BCUT2D eigenvalue weighted by atomic mass is 10.1. The van der Waals surface area contributed by atoms with Crippen LogP contribution in [0.5, 0.6) is 0 Å². The molecular weight excluding hydrogens is 185 g/mol. The molecule has 0 atom stereocenters. The second kappa shape index (κ2) is 5.02. The molecule has 3 heteroatoms. The molecule has 0 radical (unpaired) electrons. The van der Waals surface area contributed by atoms with Gasteiger partial charge in [-0.05, 0) is 36.8 Å². The van der Waals surface area contributed by atoms with Gasteiger partial charge < -0.3 is 0 Å². The summed E-state index contributed by atoms with van der Waals surface area (Å²) in [7, 11) is 0. The number of thioether (sulfide) groups is 1. The summed E-state index contributed by atoms with van der Waals surface area (Å²) in [6.45, 7) is 0. The van der Waals surface area contributed by atoms with Gasteiger partial charge in [0.15, 0.2) is 0 Å². The summed E-state index contributed by atoms with van der Waals surface area (Å²) in [5, 5.41) is 8.05. The first-order valence-corrected chi connectivity index (χ1v) is 5.30. The van der Waals surface area contributed by atoms with Crippen LogP contribution in [0.2, 0.25) is 0 Å². The Hall–Kier alpha value is -0.830. The molecule has 0 heterocycles. The lowest BCUT2D eigenvalue weighted by Gasteiger charge is -2.00. The fraction of sp³-hybridized carbons (Fsp3) is 0.300. The summed E-state index contributed by atoms with van der Waals surface area (Å²) in [6, 6.07) is 6.54. The maximum Gasteiger partial charge on any atom is 0.123 e. The Labute approximate surface area is 81.9 Å². The molecule has 13 heavy (non-hydrogen) atoms. The molecule has 1 N–H and O–H groups in total. The van der Waals surface area contributed by atoms with Crippen molar-refractivity contribution in [3.05, 3.63) is 35.6 Å². The van der Waals surface area contributed by atoms with Crippen LogP contribution < -0.4 is 0 Å². The summed E-state index contributed by atoms with van der Waals surface area (Å²) >= 11 is 1.44. The molecule has 0 bridgehead atoms. The molecule has 0 saturated heterocycles. The van der Waals surface area contributed by atoms with Crippen LogP contribution in [0, 0.1) is 11.2 Å². The predicted octanol–water partition coefficient (Wildman–Crippen LogP) is 3.10. The third-order valence-electron chi connectivity index (χ3n) is 1.78. The Kier molecular flexibility index (Phi) is 3.96. The molecule has 0 spiro atoms. The van der Waals surface area contributed by atoms with Crippen molar-refractivity contribution in [1.29, 1.82) is 5.41 Å². The van der Waals surface area contributed by atoms with E-state index in [9.17, 15) is 4.39 Å². The molecule has 0 aromatic heterocycles. The highest BCUT2D eigenvalue weighted by molar-refractivity contribution is 8.13. The number of hydrogen-bond acceptors (Lipinski definition) is 2. The van der Waals surface area contributed by atoms with Gasteiger partial charge in [-0.1, -0.05) is 12.1 Å². The third-order valence-corrected chi connectivity index (χ3v) is 2.47. The quantitative estimate of drug-likeness (QED) is 0.584. The number of hydrogen-bond donors (Lipinski definition) is 1. The van der Waals surface area contributed by atoms with Crippen molar-refractivity contribution in [2.45, 2.75) is 12.8 Å². The molecule has 1 nitrogen and oxygen atoms in total. The minimum Gasteiger partial charge on any atom is -0.298 e. The second-order valence-electron chi connectivity index (χ2n) is 2.76. The molecule has 0 aliphatic carbocycles. The summed E-state index contributed by atoms with van der Waals surface area (Å²) in [5.74, 6) is -0.201. The highest BCUT2D eigenvalue weighted by Crippen LogP contribution is 2.09. The van der Waals surface area contributed by atoms with Gasteiger partial charge in [-0.25, -0.2) is 4.39 Å².